The van der Waals surface area contributed by atoms with E-state index in [0.717, 1.165) is 16.9 Å². The Bertz CT molecular complexity index is 930. The molecule has 3 N–H and O–H groups in total. The maximum absolute atomic E-state index is 12.6. The topological polar surface area (TPSA) is 86.6 Å². The molecule has 6 heteroatoms. The fourth-order valence-electron chi connectivity index (χ4n) is 2.35. The molecule has 0 aliphatic heterocycles. The first kappa shape index (κ1) is 16.7. The number of nitrogens with one attached hydrogen (secondary N) is 1. The number of carboxylic acids is 1. The molecule has 0 radical (unpaired) electrons. The van der Waals surface area contributed by atoms with E-state index in [1.807, 2.05) is 19.1 Å². The van der Waals surface area contributed by atoms with Crippen LogP contribution in [0.5, 0.6) is 5.75 Å². The zero-order valence-electron chi connectivity index (χ0n) is 13.3. The number of carbonyl (C=O) groups is 2. The van der Waals surface area contributed by atoms with Crippen molar-refractivity contribution in [2.45, 2.75) is 6.92 Å². The van der Waals surface area contributed by atoms with Gasteiger partial charge in [0.2, 0.25) is 5.78 Å². The highest BCUT2D eigenvalue weighted by atomic mass is 32.1. The summed E-state index contributed by atoms with van der Waals surface area (Å²) in [7, 11) is 0. The Morgan fingerprint density at radius 1 is 1.00 bits per heavy atom. The summed E-state index contributed by atoms with van der Waals surface area (Å²) in [6.45, 7) is 1.94. The summed E-state index contributed by atoms with van der Waals surface area (Å²) in [5.41, 5.74) is 1.83. The molecule has 0 saturated heterocycles. The number of aryl methyl sites for hydroxylation is 1. The van der Waals surface area contributed by atoms with E-state index < -0.39 is 17.5 Å². The van der Waals surface area contributed by atoms with E-state index in [0.29, 0.717) is 11.3 Å². The smallest absolute Gasteiger partial charge is 0.342 e. The predicted octanol–water partition coefficient (Wildman–Crippen LogP) is 4.43. The number of hydrogen-bond donors (Lipinski definition) is 3. The molecule has 126 valence electrons. The number of aromatic hydroxyl groups is 1. The molecule has 3 aromatic rings. The van der Waals surface area contributed by atoms with Crippen molar-refractivity contribution in [2.75, 3.05) is 5.32 Å². The van der Waals surface area contributed by atoms with Crippen molar-refractivity contribution in [3.8, 4) is 5.75 Å². The number of thiophene rings is 1. The van der Waals surface area contributed by atoms with Crippen LogP contribution in [0.1, 0.15) is 31.2 Å². The number of anilines is 2. The zero-order valence-corrected chi connectivity index (χ0v) is 14.1. The summed E-state index contributed by atoms with van der Waals surface area (Å²) in [6, 6.07) is 15.8. The van der Waals surface area contributed by atoms with Crippen LogP contribution in [0, 0.1) is 6.92 Å². The Morgan fingerprint density at radius 2 is 1.64 bits per heavy atom. The highest BCUT2D eigenvalue weighted by Gasteiger charge is 2.27. The molecule has 25 heavy (non-hydrogen) atoms. The van der Waals surface area contributed by atoms with E-state index in [-0.39, 0.29) is 15.4 Å². The molecule has 0 atom stereocenters. The van der Waals surface area contributed by atoms with Gasteiger partial charge in [0.05, 0.1) is 0 Å². The normalized spacial score (nSPS) is 10.4. The monoisotopic (exact) mass is 353 g/mol. The third-order valence-electron chi connectivity index (χ3n) is 3.65. The molecule has 0 bridgehead atoms. The van der Waals surface area contributed by atoms with Crippen molar-refractivity contribution < 1.29 is 19.8 Å². The first-order chi connectivity index (χ1) is 12.0. The molecule has 1 heterocycles. The molecule has 0 fully saturated rings. The Hall–Kier alpha value is -3.12. The maximum atomic E-state index is 12.6. The van der Waals surface area contributed by atoms with E-state index in [2.05, 4.69) is 5.32 Å². The van der Waals surface area contributed by atoms with Crippen molar-refractivity contribution in [1.29, 1.82) is 0 Å². The van der Waals surface area contributed by atoms with E-state index in [9.17, 15) is 19.8 Å². The van der Waals surface area contributed by atoms with Crippen LogP contribution in [0.4, 0.5) is 10.7 Å². The average Bonchev–Trinajstić information content (AvgIpc) is 2.93. The molecule has 1 aromatic heterocycles. The fraction of sp³-hybridized carbons (Fsp3) is 0.0526. The van der Waals surface area contributed by atoms with Crippen molar-refractivity contribution in [3.63, 3.8) is 0 Å². The lowest BCUT2D eigenvalue weighted by atomic mass is 10.1. The molecule has 0 saturated carbocycles. The maximum Gasteiger partial charge on any atom is 0.342 e. The summed E-state index contributed by atoms with van der Waals surface area (Å²) in [5.74, 6) is -2.22. The number of rotatable bonds is 5. The molecule has 0 amide bonds. The summed E-state index contributed by atoms with van der Waals surface area (Å²) < 4.78 is 0. The minimum absolute atomic E-state index is 0.00166. The molecule has 3 rings (SSSR count). The highest BCUT2D eigenvalue weighted by Crippen LogP contribution is 2.41. The largest absolute Gasteiger partial charge is 0.505 e. The van der Waals surface area contributed by atoms with Crippen LogP contribution < -0.4 is 5.32 Å². The molecule has 0 unspecified atom stereocenters. The SMILES string of the molecule is Cc1ccc(Nc2sc(C(=O)c3ccccc3)c(O)c2C(=O)O)cc1. The second kappa shape index (κ2) is 6.78. The van der Waals surface area contributed by atoms with Gasteiger partial charge < -0.3 is 15.5 Å². The van der Waals surface area contributed by atoms with Gasteiger partial charge in [0.25, 0.3) is 0 Å². The fourth-order valence-corrected chi connectivity index (χ4v) is 3.42. The van der Waals surface area contributed by atoms with Crippen LogP contribution in [0.3, 0.4) is 0 Å². The third-order valence-corrected chi connectivity index (χ3v) is 4.74. The number of carboxylic acid groups (broad SMARTS) is 1. The standard InChI is InChI=1S/C19H15NO4S/c1-11-7-9-13(10-8-11)20-18-14(19(23)24)16(22)17(25-18)15(21)12-5-3-2-4-6-12/h2-10,20,22H,1H3,(H,23,24). The Balaban J connectivity index is 2.02. The van der Waals surface area contributed by atoms with Crippen molar-refractivity contribution in [1.82, 2.24) is 0 Å². The van der Waals surface area contributed by atoms with E-state index in [1.54, 1.807) is 42.5 Å². The molecule has 0 aliphatic rings. The lowest BCUT2D eigenvalue weighted by molar-refractivity contribution is 0.0695. The lowest BCUT2D eigenvalue weighted by Crippen LogP contribution is -2.01. The van der Waals surface area contributed by atoms with Crippen LogP contribution in [-0.2, 0) is 0 Å². The van der Waals surface area contributed by atoms with Gasteiger partial charge in [-0.3, -0.25) is 4.79 Å². The van der Waals surface area contributed by atoms with Crippen molar-refractivity contribution >= 4 is 33.8 Å². The molecule has 0 aliphatic carbocycles. The first-order valence-electron chi connectivity index (χ1n) is 7.50. The minimum atomic E-state index is -1.30. The highest BCUT2D eigenvalue weighted by molar-refractivity contribution is 7.19. The first-order valence-corrected chi connectivity index (χ1v) is 8.31. The van der Waals surface area contributed by atoms with Crippen molar-refractivity contribution in [2.24, 2.45) is 0 Å². The summed E-state index contributed by atoms with van der Waals surface area (Å²) >= 11 is 0.925. The summed E-state index contributed by atoms with van der Waals surface area (Å²) in [4.78, 5) is 24.1. The average molecular weight is 353 g/mol. The van der Waals surface area contributed by atoms with Crippen LogP contribution >= 0.6 is 11.3 Å². The van der Waals surface area contributed by atoms with Crippen LogP contribution in [0.15, 0.2) is 54.6 Å². The van der Waals surface area contributed by atoms with Crippen molar-refractivity contribution in [3.05, 3.63) is 76.2 Å². The van der Waals surface area contributed by atoms with E-state index in [4.69, 9.17) is 0 Å². The Morgan fingerprint density at radius 3 is 2.24 bits per heavy atom. The van der Waals surface area contributed by atoms with Crippen LogP contribution in [0.2, 0.25) is 0 Å². The molecular weight excluding hydrogens is 338 g/mol. The van der Waals surface area contributed by atoms with Gasteiger partial charge in [-0.25, -0.2) is 4.79 Å². The number of benzene rings is 2. The lowest BCUT2D eigenvalue weighted by Gasteiger charge is -2.05. The van der Waals surface area contributed by atoms with Crippen LogP contribution in [-0.4, -0.2) is 22.0 Å². The number of carbonyl (C=O) groups excluding carboxylic acids is 1. The predicted molar refractivity (Wildman–Crippen MR) is 97.3 cm³/mol. The van der Waals surface area contributed by atoms with Gasteiger partial charge in [-0.05, 0) is 19.1 Å². The van der Waals surface area contributed by atoms with Gasteiger partial charge in [-0.15, -0.1) is 11.3 Å². The second-order valence-electron chi connectivity index (χ2n) is 5.48. The number of aromatic carboxylic acids is 1. The Kier molecular flexibility index (Phi) is 4.54. The summed E-state index contributed by atoms with van der Waals surface area (Å²) in [6.07, 6.45) is 0. The minimum Gasteiger partial charge on any atom is -0.505 e. The van der Waals surface area contributed by atoms with Crippen LogP contribution in [0.25, 0.3) is 0 Å². The third kappa shape index (κ3) is 3.39. The van der Waals surface area contributed by atoms with E-state index in [1.165, 1.54) is 0 Å². The van der Waals surface area contributed by atoms with Gasteiger partial charge >= 0.3 is 5.97 Å². The second-order valence-corrected chi connectivity index (χ2v) is 6.50. The quantitative estimate of drug-likeness (QED) is 0.591. The molecule has 2 aromatic carbocycles. The molecular formula is C19H15NO4S. The molecule has 0 spiro atoms. The summed E-state index contributed by atoms with van der Waals surface area (Å²) in [5, 5.41) is 22.9. The van der Waals surface area contributed by atoms with Gasteiger partial charge in [0.15, 0.2) is 5.75 Å². The number of hydrogen-bond acceptors (Lipinski definition) is 5. The zero-order chi connectivity index (χ0) is 18.0. The number of ketones is 1. The van der Waals surface area contributed by atoms with E-state index >= 15 is 0 Å². The van der Waals surface area contributed by atoms with Gasteiger partial charge in [-0.2, -0.15) is 0 Å². The Labute approximate surface area is 148 Å². The van der Waals surface area contributed by atoms with Gasteiger partial charge in [0, 0.05) is 11.3 Å². The van der Waals surface area contributed by atoms with Gasteiger partial charge in [-0.1, -0.05) is 48.0 Å². The molecule has 5 nitrogen and oxygen atoms in total. The van der Waals surface area contributed by atoms with Gasteiger partial charge in [0.1, 0.15) is 15.4 Å².